The average Bonchev–Trinajstić information content (AvgIpc) is 2.71. The third-order valence-electron chi connectivity index (χ3n) is 3.43. The molecule has 0 unspecified atom stereocenters. The minimum Gasteiger partial charge on any atom is -0.355 e. The lowest BCUT2D eigenvalue weighted by molar-refractivity contribution is -0.119. The highest BCUT2D eigenvalue weighted by Crippen LogP contribution is 2.23. The Kier molecular flexibility index (Phi) is 7.22. The Hall–Kier alpha value is -1.56. The standard InChI is InChI=1S/C15H29N5O/c1-6-9-16-10-13-12(4)18-19(5)15(13)20(8-3)11-14(21)17-7-2/h16H,6-11H2,1-5H3,(H,17,21). The Morgan fingerprint density at radius 2 is 2.05 bits per heavy atom. The van der Waals surface area contributed by atoms with Crippen molar-refractivity contribution in [3.05, 3.63) is 11.3 Å². The molecule has 0 spiro atoms. The third kappa shape index (κ3) is 4.74. The number of hydrogen-bond donors (Lipinski definition) is 2. The fourth-order valence-electron chi connectivity index (χ4n) is 2.45. The predicted molar refractivity (Wildman–Crippen MR) is 86.5 cm³/mol. The van der Waals surface area contributed by atoms with Gasteiger partial charge in [0.25, 0.3) is 0 Å². The largest absolute Gasteiger partial charge is 0.355 e. The number of nitrogens with one attached hydrogen (secondary N) is 2. The summed E-state index contributed by atoms with van der Waals surface area (Å²) in [5, 5.41) is 10.8. The van der Waals surface area contributed by atoms with Crippen molar-refractivity contribution in [3.63, 3.8) is 0 Å². The molecule has 0 saturated heterocycles. The van der Waals surface area contributed by atoms with Crippen LogP contribution in [-0.2, 0) is 18.4 Å². The molecule has 0 aromatic carbocycles. The number of aryl methyl sites for hydroxylation is 2. The van der Waals surface area contributed by atoms with Gasteiger partial charge in [-0.15, -0.1) is 0 Å². The van der Waals surface area contributed by atoms with Crippen LogP contribution in [0.5, 0.6) is 0 Å². The second-order valence-electron chi connectivity index (χ2n) is 5.16. The van der Waals surface area contributed by atoms with E-state index in [1.165, 1.54) is 5.56 Å². The molecule has 0 fully saturated rings. The molecule has 21 heavy (non-hydrogen) atoms. The fraction of sp³-hybridized carbons (Fsp3) is 0.733. The molecule has 0 bridgehead atoms. The maximum absolute atomic E-state index is 11.9. The van der Waals surface area contributed by atoms with Gasteiger partial charge in [0.05, 0.1) is 12.2 Å². The molecule has 0 aliphatic heterocycles. The highest BCUT2D eigenvalue weighted by atomic mass is 16.2. The number of amides is 1. The first-order valence-corrected chi connectivity index (χ1v) is 7.79. The minimum atomic E-state index is 0.0469. The molecule has 0 aliphatic rings. The van der Waals surface area contributed by atoms with Crippen molar-refractivity contribution in [1.29, 1.82) is 0 Å². The summed E-state index contributed by atoms with van der Waals surface area (Å²) in [5.41, 5.74) is 2.20. The number of hydrogen-bond acceptors (Lipinski definition) is 4. The van der Waals surface area contributed by atoms with E-state index in [2.05, 4.69) is 34.5 Å². The molecular formula is C15H29N5O. The lowest BCUT2D eigenvalue weighted by atomic mass is 10.2. The van der Waals surface area contributed by atoms with Crippen LogP contribution in [0.25, 0.3) is 0 Å². The van der Waals surface area contributed by atoms with E-state index in [-0.39, 0.29) is 5.91 Å². The second-order valence-corrected chi connectivity index (χ2v) is 5.16. The highest BCUT2D eigenvalue weighted by molar-refractivity contribution is 5.81. The Bertz CT molecular complexity index is 455. The van der Waals surface area contributed by atoms with Crippen LogP contribution in [0.1, 0.15) is 38.4 Å². The first kappa shape index (κ1) is 17.5. The van der Waals surface area contributed by atoms with E-state index in [4.69, 9.17) is 0 Å². The van der Waals surface area contributed by atoms with Crippen molar-refractivity contribution < 1.29 is 4.79 Å². The van der Waals surface area contributed by atoms with Gasteiger partial charge >= 0.3 is 0 Å². The van der Waals surface area contributed by atoms with Crippen molar-refractivity contribution in [2.75, 3.05) is 31.1 Å². The Balaban J connectivity index is 2.93. The Morgan fingerprint density at radius 1 is 1.33 bits per heavy atom. The normalized spacial score (nSPS) is 10.7. The lowest BCUT2D eigenvalue weighted by Gasteiger charge is -2.24. The molecule has 1 aromatic rings. The molecule has 2 N–H and O–H groups in total. The summed E-state index contributed by atoms with van der Waals surface area (Å²) in [6.45, 7) is 11.7. The summed E-state index contributed by atoms with van der Waals surface area (Å²) in [6.07, 6.45) is 1.10. The molecule has 1 heterocycles. The minimum absolute atomic E-state index is 0.0469. The van der Waals surface area contributed by atoms with Crippen LogP contribution in [0, 0.1) is 6.92 Å². The summed E-state index contributed by atoms with van der Waals surface area (Å²) in [6, 6.07) is 0. The van der Waals surface area contributed by atoms with E-state index < -0.39 is 0 Å². The summed E-state index contributed by atoms with van der Waals surface area (Å²) >= 11 is 0. The molecular weight excluding hydrogens is 266 g/mol. The lowest BCUT2D eigenvalue weighted by Crippen LogP contribution is -2.38. The van der Waals surface area contributed by atoms with E-state index in [0.29, 0.717) is 13.1 Å². The molecule has 1 rings (SSSR count). The molecule has 0 atom stereocenters. The Morgan fingerprint density at radius 3 is 2.62 bits per heavy atom. The molecule has 1 amide bonds. The molecule has 0 radical (unpaired) electrons. The zero-order chi connectivity index (χ0) is 15.8. The van der Waals surface area contributed by atoms with Gasteiger partial charge in [-0.05, 0) is 33.7 Å². The zero-order valence-electron chi connectivity index (χ0n) is 14.0. The fourth-order valence-corrected chi connectivity index (χ4v) is 2.45. The number of carbonyl (C=O) groups excluding carboxylic acids is 1. The maximum atomic E-state index is 11.9. The van der Waals surface area contributed by atoms with Crippen LogP contribution in [0.3, 0.4) is 0 Å². The van der Waals surface area contributed by atoms with Crippen molar-refractivity contribution in [2.24, 2.45) is 7.05 Å². The van der Waals surface area contributed by atoms with Crippen molar-refractivity contribution >= 4 is 11.7 Å². The van der Waals surface area contributed by atoms with Crippen LogP contribution in [-0.4, -0.2) is 41.9 Å². The maximum Gasteiger partial charge on any atom is 0.239 e. The summed E-state index contributed by atoms with van der Waals surface area (Å²) < 4.78 is 1.88. The van der Waals surface area contributed by atoms with Gasteiger partial charge in [0.15, 0.2) is 0 Å². The van der Waals surface area contributed by atoms with Crippen molar-refractivity contribution in [3.8, 4) is 0 Å². The second kappa shape index (κ2) is 8.67. The topological polar surface area (TPSA) is 62.2 Å². The van der Waals surface area contributed by atoms with Crippen LogP contribution in [0.2, 0.25) is 0 Å². The van der Waals surface area contributed by atoms with Gasteiger partial charge in [0, 0.05) is 32.2 Å². The van der Waals surface area contributed by atoms with Crippen LogP contribution < -0.4 is 15.5 Å². The van der Waals surface area contributed by atoms with Crippen LogP contribution in [0.15, 0.2) is 0 Å². The average molecular weight is 295 g/mol. The predicted octanol–water partition coefficient (Wildman–Crippen LogP) is 1.19. The summed E-state index contributed by atoms with van der Waals surface area (Å²) in [7, 11) is 1.94. The summed E-state index contributed by atoms with van der Waals surface area (Å²) in [4.78, 5) is 14.0. The molecule has 1 aromatic heterocycles. The number of rotatable bonds is 9. The molecule has 6 heteroatoms. The molecule has 6 nitrogen and oxygen atoms in total. The smallest absolute Gasteiger partial charge is 0.239 e. The number of nitrogens with zero attached hydrogens (tertiary/aromatic N) is 3. The number of likely N-dealkylation sites (N-methyl/N-ethyl adjacent to an activating group) is 2. The van der Waals surface area contributed by atoms with Crippen LogP contribution >= 0.6 is 0 Å². The molecule has 0 saturated carbocycles. The molecule has 120 valence electrons. The monoisotopic (exact) mass is 295 g/mol. The van der Waals surface area contributed by atoms with Gasteiger partial charge in [-0.25, -0.2) is 0 Å². The zero-order valence-corrected chi connectivity index (χ0v) is 14.0. The first-order valence-electron chi connectivity index (χ1n) is 7.79. The number of carbonyl (C=O) groups is 1. The first-order chi connectivity index (χ1) is 10.0. The van der Waals surface area contributed by atoms with Crippen molar-refractivity contribution in [1.82, 2.24) is 20.4 Å². The van der Waals surface area contributed by atoms with Crippen molar-refractivity contribution in [2.45, 2.75) is 40.7 Å². The number of anilines is 1. The quantitative estimate of drug-likeness (QED) is 0.672. The van der Waals surface area contributed by atoms with Crippen LogP contribution in [0.4, 0.5) is 5.82 Å². The van der Waals surface area contributed by atoms with E-state index in [1.807, 2.05) is 25.6 Å². The van der Waals surface area contributed by atoms with Gasteiger partial charge in [0.1, 0.15) is 5.82 Å². The van der Waals surface area contributed by atoms with Gasteiger partial charge in [-0.3, -0.25) is 9.48 Å². The summed E-state index contributed by atoms with van der Waals surface area (Å²) in [5.74, 6) is 1.08. The third-order valence-corrected chi connectivity index (χ3v) is 3.43. The van der Waals surface area contributed by atoms with E-state index >= 15 is 0 Å². The van der Waals surface area contributed by atoms with E-state index in [0.717, 1.165) is 37.6 Å². The number of aromatic nitrogens is 2. The Labute approximate surface area is 127 Å². The van der Waals surface area contributed by atoms with Gasteiger partial charge in [-0.1, -0.05) is 6.92 Å². The SMILES string of the molecule is CCCNCc1c(C)nn(C)c1N(CC)CC(=O)NCC. The van der Waals surface area contributed by atoms with E-state index in [9.17, 15) is 4.79 Å². The highest BCUT2D eigenvalue weighted by Gasteiger charge is 2.19. The van der Waals surface area contributed by atoms with Gasteiger partial charge in [0.2, 0.25) is 5.91 Å². The van der Waals surface area contributed by atoms with Gasteiger partial charge in [-0.2, -0.15) is 5.10 Å². The van der Waals surface area contributed by atoms with Gasteiger partial charge < -0.3 is 15.5 Å². The van der Waals surface area contributed by atoms with E-state index in [1.54, 1.807) is 0 Å². The molecule has 0 aliphatic carbocycles.